The molecule has 2 heterocycles. The summed E-state index contributed by atoms with van der Waals surface area (Å²) >= 11 is 0. The molecule has 2 rings (SSSR count). The minimum Gasteiger partial charge on any atom is -0.477 e. The van der Waals surface area contributed by atoms with Gasteiger partial charge in [0, 0.05) is 18.9 Å². The van der Waals surface area contributed by atoms with Crippen LogP contribution in [0.2, 0.25) is 0 Å². The van der Waals surface area contributed by atoms with E-state index in [0.717, 1.165) is 7.11 Å². The van der Waals surface area contributed by atoms with Crippen molar-refractivity contribution in [2.24, 2.45) is 5.92 Å². The summed E-state index contributed by atoms with van der Waals surface area (Å²) in [6, 6.07) is 2.92. The maximum Gasteiger partial charge on any atom is 0.341 e. The normalized spacial score (nSPS) is 24.0. The Morgan fingerprint density at radius 2 is 2.00 bits per heavy atom. The first-order valence-corrected chi connectivity index (χ1v) is 9.12. The van der Waals surface area contributed by atoms with E-state index in [2.05, 4.69) is 4.74 Å². The second kappa shape index (κ2) is 10.1. The summed E-state index contributed by atoms with van der Waals surface area (Å²) in [6.07, 6.45) is -1.59. The summed E-state index contributed by atoms with van der Waals surface area (Å²) in [6.45, 7) is 2.75. The van der Waals surface area contributed by atoms with E-state index >= 15 is 0 Å². The molecule has 11 nitrogen and oxygen atoms in total. The third-order valence-corrected chi connectivity index (χ3v) is 4.61. The fourth-order valence-electron chi connectivity index (χ4n) is 3.03. The lowest BCUT2D eigenvalue weighted by Crippen LogP contribution is -2.46. The zero-order chi connectivity index (χ0) is 22.4. The Kier molecular flexibility index (Phi) is 7.84. The van der Waals surface area contributed by atoms with Gasteiger partial charge >= 0.3 is 30.1 Å². The minimum absolute atomic E-state index is 0.0157. The van der Waals surface area contributed by atoms with E-state index in [1.54, 1.807) is 13.1 Å². The zero-order valence-corrected chi connectivity index (χ0v) is 16.7. The quantitative estimate of drug-likeness (QED) is 0.319. The van der Waals surface area contributed by atoms with Crippen LogP contribution >= 0.6 is 0 Å². The van der Waals surface area contributed by atoms with Gasteiger partial charge in [-0.15, -0.1) is 0 Å². The molecular formula is C19H24NO10+. The van der Waals surface area contributed by atoms with Crippen LogP contribution in [-0.4, -0.2) is 66.1 Å². The van der Waals surface area contributed by atoms with Crippen molar-refractivity contribution in [3.8, 4) is 0 Å². The van der Waals surface area contributed by atoms with Crippen molar-refractivity contribution in [3.05, 3.63) is 30.1 Å². The molecule has 0 aliphatic carbocycles. The molecule has 0 saturated carbocycles. The van der Waals surface area contributed by atoms with E-state index in [1.165, 1.54) is 29.8 Å². The summed E-state index contributed by atoms with van der Waals surface area (Å²) < 4.78 is 22.1. The standard InChI is InChI=1S/C19H23NO10/c1-10-14(9-28-15(23)7-13(22)19(26)27-3)30-17(16(10)29-11(2)21)20-6-4-5-12(8-20)18(24)25/h4-6,8,10,13-14,16-17,22H,7,9H2,1-3H3/p+1/t10-,13+,14-,16?,17-/m1/s1. The Morgan fingerprint density at radius 1 is 1.30 bits per heavy atom. The highest BCUT2D eigenvalue weighted by Crippen LogP contribution is 2.33. The molecule has 1 aromatic heterocycles. The van der Waals surface area contributed by atoms with Crippen LogP contribution in [-0.2, 0) is 33.3 Å². The van der Waals surface area contributed by atoms with Gasteiger partial charge in [-0.1, -0.05) is 6.92 Å². The largest absolute Gasteiger partial charge is 0.477 e. The van der Waals surface area contributed by atoms with E-state index in [-0.39, 0.29) is 12.2 Å². The molecule has 2 N–H and O–H groups in total. The molecule has 1 fully saturated rings. The van der Waals surface area contributed by atoms with Gasteiger partial charge in [-0.25, -0.2) is 9.59 Å². The van der Waals surface area contributed by atoms with Gasteiger partial charge in [0.1, 0.15) is 18.3 Å². The molecule has 0 amide bonds. The number of esters is 3. The lowest BCUT2D eigenvalue weighted by atomic mass is 10.0. The Hall–Kier alpha value is -3.05. The van der Waals surface area contributed by atoms with E-state index in [4.69, 9.17) is 14.2 Å². The molecule has 0 aromatic carbocycles. The van der Waals surface area contributed by atoms with Gasteiger partial charge in [-0.3, -0.25) is 9.59 Å². The summed E-state index contributed by atoms with van der Waals surface area (Å²) in [5, 5.41) is 18.7. The predicted octanol–water partition coefficient (Wildman–Crippen LogP) is -0.395. The molecular weight excluding hydrogens is 402 g/mol. The lowest BCUT2D eigenvalue weighted by molar-refractivity contribution is -0.765. The summed E-state index contributed by atoms with van der Waals surface area (Å²) in [4.78, 5) is 45.8. The van der Waals surface area contributed by atoms with Gasteiger partial charge in [0.15, 0.2) is 24.6 Å². The molecule has 5 atom stereocenters. The molecule has 1 aromatic rings. The number of hydrogen-bond donors (Lipinski definition) is 2. The Balaban J connectivity index is 2.10. The number of methoxy groups -OCH3 is 1. The van der Waals surface area contributed by atoms with Crippen molar-refractivity contribution in [2.75, 3.05) is 13.7 Å². The number of carbonyl (C=O) groups is 4. The summed E-state index contributed by atoms with van der Waals surface area (Å²) in [5.74, 6) is -3.87. The fourth-order valence-corrected chi connectivity index (χ4v) is 3.03. The van der Waals surface area contributed by atoms with Crippen LogP contribution < -0.4 is 4.57 Å². The Bertz CT molecular complexity index is 810. The van der Waals surface area contributed by atoms with Crippen molar-refractivity contribution in [1.29, 1.82) is 0 Å². The van der Waals surface area contributed by atoms with Crippen LogP contribution in [0.15, 0.2) is 24.5 Å². The topological polar surface area (TPSA) is 150 Å². The lowest BCUT2D eigenvalue weighted by Gasteiger charge is -2.18. The second-order valence-corrected chi connectivity index (χ2v) is 6.77. The maximum atomic E-state index is 11.9. The number of ether oxygens (including phenoxy) is 4. The van der Waals surface area contributed by atoms with Gasteiger partial charge in [-0.05, 0) is 6.07 Å². The Morgan fingerprint density at radius 3 is 2.60 bits per heavy atom. The van der Waals surface area contributed by atoms with Crippen molar-refractivity contribution in [1.82, 2.24) is 0 Å². The molecule has 0 bridgehead atoms. The van der Waals surface area contributed by atoms with E-state index in [0.29, 0.717) is 0 Å². The van der Waals surface area contributed by atoms with Crippen LogP contribution in [0.1, 0.15) is 36.9 Å². The fraction of sp³-hybridized carbons (Fsp3) is 0.526. The van der Waals surface area contributed by atoms with E-state index < -0.39 is 60.8 Å². The number of aromatic nitrogens is 1. The molecule has 1 aliphatic heterocycles. The van der Waals surface area contributed by atoms with Gasteiger partial charge in [-0.2, -0.15) is 4.57 Å². The average molecular weight is 426 g/mol. The summed E-state index contributed by atoms with van der Waals surface area (Å²) in [7, 11) is 1.08. The van der Waals surface area contributed by atoms with Crippen LogP contribution in [0.4, 0.5) is 0 Å². The van der Waals surface area contributed by atoms with Crippen molar-refractivity contribution in [2.45, 2.75) is 44.8 Å². The smallest absolute Gasteiger partial charge is 0.341 e. The average Bonchev–Trinajstić information content (AvgIpc) is 3.00. The molecule has 1 aliphatic rings. The summed E-state index contributed by atoms with van der Waals surface area (Å²) in [5.41, 5.74) is 0.0157. The number of rotatable bonds is 8. The number of hydrogen-bond acceptors (Lipinski definition) is 9. The number of carbonyl (C=O) groups excluding carboxylic acids is 3. The predicted molar refractivity (Wildman–Crippen MR) is 95.8 cm³/mol. The van der Waals surface area contributed by atoms with Crippen LogP contribution in [0.3, 0.4) is 0 Å². The van der Waals surface area contributed by atoms with Crippen molar-refractivity contribution < 1.29 is 52.9 Å². The first-order chi connectivity index (χ1) is 14.1. The van der Waals surface area contributed by atoms with Gasteiger partial charge in [0.05, 0.1) is 13.5 Å². The molecule has 0 radical (unpaired) electrons. The Labute approximate surface area is 172 Å². The maximum absolute atomic E-state index is 11.9. The molecule has 164 valence electrons. The number of carboxylic acid groups (broad SMARTS) is 1. The molecule has 11 heteroatoms. The first-order valence-electron chi connectivity index (χ1n) is 9.12. The number of nitrogens with zero attached hydrogens (tertiary/aromatic N) is 1. The van der Waals surface area contributed by atoms with Crippen molar-refractivity contribution >= 4 is 23.9 Å². The number of carboxylic acids is 1. The first kappa shape index (κ1) is 23.2. The third-order valence-electron chi connectivity index (χ3n) is 4.61. The number of aromatic carboxylic acids is 1. The molecule has 0 spiro atoms. The number of aliphatic hydroxyl groups excluding tert-OH is 1. The highest BCUT2D eigenvalue weighted by Gasteiger charge is 2.50. The van der Waals surface area contributed by atoms with E-state index in [1.807, 2.05) is 0 Å². The van der Waals surface area contributed by atoms with Gasteiger partial charge < -0.3 is 29.2 Å². The highest BCUT2D eigenvalue weighted by atomic mass is 16.6. The molecule has 1 saturated heterocycles. The second-order valence-electron chi connectivity index (χ2n) is 6.77. The zero-order valence-electron chi connectivity index (χ0n) is 16.7. The van der Waals surface area contributed by atoms with Crippen molar-refractivity contribution in [3.63, 3.8) is 0 Å². The van der Waals surface area contributed by atoms with Crippen LogP contribution in [0.5, 0.6) is 0 Å². The van der Waals surface area contributed by atoms with Crippen LogP contribution in [0.25, 0.3) is 0 Å². The third kappa shape index (κ3) is 5.74. The van der Waals surface area contributed by atoms with Gasteiger partial charge in [0.2, 0.25) is 0 Å². The number of pyridine rings is 1. The van der Waals surface area contributed by atoms with E-state index in [9.17, 15) is 29.4 Å². The molecule has 1 unspecified atom stereocenters. The number of aliphatic hydroxyl groups is 1. The highest BCUT2D eigenvalue weighted by molar-refractivity contribution is 5.86. The monoisotopic (exact) mass is 426 g/mol. The SMILES string of the molecule is COC(=O)[C@@H](O)CC(=O)OC[C@H]1O[C@@H]([n+]2cccc(C(=O)O)c2)C(OC(C)=O)[C@@H]1C. The van der Waals surface area contributed by atoms with Crippen LogP contribution in [0, 0.1) is 5.92 Å². The minimum atomic E-state index is -1.64. The van der Waals surface area contributed by atoms with Gasteiger partial charge in [0.25, 0.3) is 0 Å². The molecule has 30 heavy (non-hydrogen) atoms.